The van der Waals surface area contributed by atoms with Crippen LogP contribution in [0.2, 0.25) is 5.02 Å². The molecule has 0 bridgehead atoms. The third-order valence-electron chi connectivity index (χ3n) is 2.83. The lowest BCUT2D eigenvalue weighted by Gasteiger charge is -2.16. The fourth-order valence-corrected chi connectivity index (χ4v) is 2.77. The van der Waals surface area contributed by atoms with Crippen molar-refractivity contribution in [2.75, 3.05) is 0 Å². The molecule has 0 spiro atoms. The second kappa shape index (κ2) is 5.80. The van der Waals surface area contributed by atoms with Crippen molar-refractivity contribution >= 4 is 22.9 Å². The Kier molecular flexibility index (Phi) is 4.35. The van der Waals surface area contributed by atoms with Gasteiger partial charge in [0.1, 0.15) is 0 Å². The highest BCUT2D eigenvalue weighted by Crippen LogP contribution is 2.24. The molecule has 0 fully saturated rings. The Morgan fingerprint density at radius 3 is 2.78 bits per heavy atom. The molecule has 3 N–H and O–H groups in total. The van der Waals surface area contributed by atoms with Gasteiger partial charge in [0.15, 0.2) is 0 Å². The number of rotatable bonds is 4. The first kappa shape index (κ1) is 13.5. The normalized spacial score (nSPS) is 12.7. The number of nitrogens with one attached hydrogen (secondary N) is 1. The van der Waals surface area contributed by atoms with E-state index in [1.165, 1.54) is 0 Å². The SMILES string of the molecule is Cc1csc(CC(NN)c2ccc(Cl)c(C)c2)n1. The van der Waals surface area contributed by atoms with Gasteiger partial charge in [-0.25, -0.2) is 4.98 Å². The third kappa shape index (κ3) is 3.09. The Morgan fingerprint density at radius 2 is 2.22 bits per heavy atom. The molecule has 1 atom stereocenters. The van der Waals surface area contributed by atoms with E-state index in [1.54, 1.807) is 11.3 Å². The number of benzene rings is 1. The van der Waals surface area contributed by atoms with E-state index in [2.05, 4.69) is 21.9 Å². The maximum absolute atomic E-state index is 6.03. The number of halogens is 1. The van der Waals surface area contributed by atoms with Crippen LogP contribution in [0.5, 0.6) is 0 Å². The lowest BCUT2D eigenvalue weighted by Crippen LogP contribution is -2.29. The van der Waals surface area contributed by atoms with Gasteiger partial charge in [-0.2, -0.15) is 0 Å². The lowest BCUT2D eigenvalue weighted by atomic mass is 10.0. The predicted molar refractivity (Wildman–Crippen MR) is 76.8 cm³/mol. The number of thiazole rings is 1. The van der Waals surface area contributed by atoms with Gasteiger partial charge in [0.05, 0.1) is 11.0 Å². The topological polar surface area (TPSA) is 50.9 Å². The molecule has 2 aromatic rings. The first-order valence-electron chi connectivity index (χ1n) is 5.73. The maximum Gasteiger partial charge on any atom is 0.0947 e. The summed E-state index contributed by atoms with van der Waals surface area (Å²) in [4.78, 5) is 4.46. The highest BCUT2D eigenvalue weighted by molar-refractivity contribution is 7.09. The van der Waals surface area contributed by atoms with E-state index in [1.807, 2.05) is 26.0 Å². The summed E-state index contributed by atoms with van der Waals surface area (Å²) in [5.41, 5.74) is 6.09. The first-order chi connectivity index (χ1) is 8.60. The van der Waals surface area contributed by atoms with E-state index in [-0.39, 0.29) is 6.04 Å². The molecule has 5 heteroatoms. The van der Waals surface area contributed by atoms with Gasteiger partial charge in [-0.1, -0.05) is 23.7 Å². The molecule has 0 aliphatic heterocycles. The number of nitrogens with two attached hydrogens (primary N) is 1. The molecule has 18 heavy (non-hydrogen) atoms. The van der Waals surface area contributed by atoms with E-state index in [4.69, 9.17) is 17.4 Å². The van der Waals surface area contributed by atoms with Gasteiger partial charge in [0.25, 0.3) is 0 Å². The van der Waals surface area contributed by atoms with Crippen LogP contribution in [0.3, 0.4) is 0 Å². The molecule has 2 rings (SSSR count). The number of aromatic nitrogens is 1. The van der Waals surface area contributed by atoms with E-state index in [9.17, 15) is 0 Å². The zero-order valence-electron chi connectivity index (χ0n) is 10.4. The van der Waals surface area contributed by atoms with Gasteiger partial charge < -0.3 is 0 Å². The lowest BCUT2D eigenvalue weighted by molar-refractivity contribution is 0.550. The highest BCUT2D eigenvalue weighted by atomic mass is 35.5. The van der Waals surface area contributed by atoms with Gasteiger partial charge in [0.2, 0.25) is 0 Å². The minimum absolute atomic E-state index is 0.0616. The quantitative estimate of drug-likeness (QED) is 0.669. The van der Waals surface area contributed by atoms with E-state index in [0.717, 1.165) is 33.3 Å². The van der Waals surface area contributed by atoms with Crippen LogP contribution in [0.15, 0.2) is 23.6 Å². The standard InChI is InChI=1S/C13H16ClN3S/c1-8-5-10(3-4-11(8)14)12(17-15)6-13-16-9(2)7-18-13/h3-5,7,12,17H,6,15H2,1-2H3. The van der Waals surface area contributed by atoms with Crippen molar-refractivity contribution in [2.24, 2.45) is 5.84 Å². The van der Waals surface area contributed by atoms with Crippen molar-refractivity contribution in [1.82, 2.24) is 10.4 Å². The molecule has 96 valence electrons. The van der Waals surface area contributed by atoms with Crippen LogP contribution < -0.4 is 11.3 Å². The average molecular weight is 282 g/mol. The smallest absolute Gasteiger partial charge is 0.0947 e. The van der Waals surface area contributed by atoms with E-state index < -0.39 is 0 Å². The molecule has 0 aliphatic rings. The van der Waals surface area contributed by atoms with Crippen molar-refractivity contribution in [3.8, 4) is 0 Å². The minimum atomic E-state index is 0.0616. The van der Waals surface area contributed by atoms with Crippen LogP contribution in [-0.2, 0) is 6.42 Å². The summed E-state index contributed by atoms with van der Waals surface area (Å²) >= 11 is 7.69. The number of hydrogen-bond acceptors (Lipinski definition) is 4. The third-order valence-corrected chi connectivity index (χ3v) is 4.24. The van der Waals surface area contributed by atoms with E-state index in [0.29, 0.717) is 0 Å². The summed E-state index contributed by atoms with van der Waals surface area (Å²) < 4.78 is 0. The van der Waals surface area contributed by atoms with E-state index >= 15 is 0 Å². The van der Waals surface area contributed by atoms with Crippen molar-refractivity contribution in [1.29, 1.82) is 0 Å². The number of hydrazine groups is 1. The maximum atomic E-state index is 6.03. The Morgan fingerprint density at radius 1 is 1.44 bits per heavy atom. The molecular formula is C13H16ClN3S. The Bertz CT molecular complexity index is 539. The number of hydrogen-bond donors (Lipinski definition) is 2. The monoisotopic (exact) mass is 281 g/mol. The molecule has 3 nitrogen and oxygen atoms in total. The molecule has 0 amide bonds. The van der Waals surface area contributed by atoms with Gasteiger partial charge in [0, 0.05) is 22.5 Å². The van der Waals surface area contributed by atoms with Crippen LogP contribution in [0.1, 0.15) is 27.9 Å². The summed E-state index contributed by atoms with van der Waals surface area (Å²) in [5, 5.41) is 3.92. The molecule has 0 radical (unpaired) electrons. The average Bonchev–Trinajstić information content (AvgIpc) is 2.75. The van der Waals surface area contributed by atoms with Crippen LogP contribution in [0, 0.1) is 13.8 Å². The highest BCUT2D eigenvalue weighted by Gasteiger charge is 2.13. The van der Waals surface area contributed by atoms with Crippen molar-refractivity contribution < 1.29 is 0 Å². The van der Waals surface area contributed by atoms with Gasteiger partial charge in [-0.15, -0.1) is 11.3 Å². The molecule has 1 aromatic heterocycles. The summed E-state index contributed by atoms with van der Waals surface area (Å²) in [6.45, 7) is 3.99. The van der Waals surface area contributed by atoms with Crippen molar-refractivity contribution in [3.63, 3.8) is 0 Å². The molecule has 1 aromatic carbocycles. The molecular weight excluding hydrogens is 266 g/mol. The zero-order chi connectivity index (χ0) is 13.1. The molecule has 0 saturated heterocycles. The molecule has 0 saturated carbocycles. The van der Waals surface area contributed by atoms with Crippen LogP contribution >= 0.6 is 22.9 Å². The zero-order valence-corrected chi connectivity index (χ0v) is 12.0. The Hall–Kier alpha value is -0.940. The number of nitrogens with zero attached hydrogens (tertiary/aromatic N) is 1. The molecule has 0 aliphatic carbocycles. The van der Waals surface area contributed by atoms with Crippen molar-refractivity contribution in [2.45, 2.75) is 26.3 Å². The predicted octanol–water partition coefficient (Wildman–Crippen LogP) is 3.16. The first-order valence-corrected chi connectivity index (χ1v) is 6.99. The van der Waals surface area contributed by atoms with Gasteiger partial charge >= 0.3 is 0 Å². The largest absolute Gasteiger partial charge is 0.271 e. The second-order valence-corrected chi connectivity index (χ2v) is 5.66. The van der Waals surface area contributed by atoms with Gasteiger partial charge in [-0.3, -0.25) is 11.3 Å². The van der Waals surface area contributed by atoms with Crippen LogP contribution in [0.4, 0.5) is 0 Å². The fourth-order valence-electron chi connectivity index (χ4n) is 1.83. The summed E-state index contributed by atoms with van der Waals surface area (Å²) in [7, 11) is 0. The Labute approximate surface area is 116 Å². The molecule has 1 unspecified atom stereocenters. The fraction of sp³-hybridized carbons (Fsp3) is 0.308. The second-order valence-electron chi connectivity index (χ2n) is 4.31. The van der Waals surface area contributed by atoms with Crippen LogP contribution in [0.25, 0.3) is 0 Å². The number of aryl methyl sites for hydroxylation is 2. The molecule has 1 heterocycles. The summed E-state index contributed by atoms with van der Waals surface area (Å²) in [6, 6.07) is 6.03. The van der Waals surface area contributed by atoms with Crippen molar-refractivity contribution in [3.05, 3.63) is 50.4 Å². The van der Waals surface area contributed by atoms with Gasteiger partial charge in [-0.05, 0) is 31.0 Å². The van der Waals surface area contributed by atoms with Crippen LogP contribution in [-0.4, -0.2) is 4.98 Å². The summed E-state index contributed by atoms with van der Waals surface area (Å²) in [5.74, 6) is 5.64. The summed E-state index contributed by atoms with van der Waals surface area (Å²) in [6.07, 6.45) is 0.788. The Balaban J connectivity index is 2.19. The minimum Gasteiger partial charge on any atom is -0.271 e.